The van der Waals surface area contributed by atoms with Gasteiger partial charge < -0.3 is 15.0 Å². The van der Waals surface area contributed by atoms with E-state index in [1.807, 2.05) is 6.92 Å². The van der Waals surface area contributed by atoms with Crippen LogP contribution < -0.4 is 10.1 Å². The number of hydrogen-bond acceptors (Lipinski definition) is 3. The van der Waals surface area contributed by atoms with Crippen molar-refractivity contribution in [3.63, 3.8) is 0 Å². The number of aryl methyl sites for hydroxylation is 1. The van der Waals surface area contributed by atoms with Crippen LogP contribution in [-0.4, -0.2) is 35.4 Å². The van der Waals surface area contributed by atoms with Crippen molar-refractivity contribution in [3.8, 4) is 5.75 Å². The maximum Gasteiger partial charge on any atom is 0.261 e. The summed E-state index contributed by atoms with van der Waals surface area (Å²) in [6.07, 6.45) is 5.36. The Morgan fingerprint density at radius 1 is 1.03 bits per heavy atom. The van der Waals surface area contributed by atoms with Crippen molar-refractivity contribution < 1.29 is 14.3 Å². The highest BCUT2D eigenvalue weighted by Crippen LogP contribution is 2.25. The van der Waals surface area contributed by atoms with Gasteiger partial charge in [0.1, 0.15) is 11.8 Å². The average Bonchev–Trinajstić information content (AvgIpc) is 2.80. The van der Waals surface area contributed by atoms with Gasteiger partial charge in [-0.15, -0.1) is 0 Å². The number of nitrogens with one attached hydrogen (secondary N) is 1. The molecule has 0 saturated heterocycles. The SMILES string of the molecule is Cc1cc(OCC(=O)N(Cc2ccc(Cl)c(Cl)c2)[C@H](C)C(=O)NC2CCCCC2)ccc1Cl. The van der Waals surface area contributed by atoms with Gasteiger partial charge in [0.2, 0.25) is 5.91 Å². The molecule has 8 heteroatoms. The summed E-state index contributed by atoms with van der Waals surface area (Å²) in [6.45, 7) is 3.60. The number of benzene rings is 2. The smallest absolute Gasteiger partial charge is 0.261 e. The molecule has 0 radical (unpaired) electrons. The number of halogens is 3. The molecule has 3 rings (SSSR count). The first-order valence-electron chi connectivity index (χ1n) is 11.2. The van der Waals surface area contributed by atoms with Crippen LogP contribution in [0.15, 0.2) is 36.4 Å². The molecule has 1 atom stereocenters. The normalized spacial score (nSPS) is 15.1. The Morgan fingerprint density at radius 2 is 1.73 bits per heavy atom. The molecule has 0 bridgehead atoms. The molecule has 2 amide bonds. The van der Waals surface area contributed by atoms with Crippen molar-refractivity contribution in [2.24, 2.45) is 0 Å². The standard InChI is InChI=1S/C25H29Cl3N2O3/c1-16-12-20(9-11-21(16)26)33-15-24(31)30(14-18-8-10-22(27)23(28)13-18)17(2)25(32)29-19-6-4-3-5-7-19/h8-13,17,19H,3-7,14-15H2,1-2H3,(H,29,32)/t17-/m1/s1. The van der Waals surface area contributed by atoms with Crippen LogP contribution in [0.1, 0.15) is 50.2 Å². The summed E-state index contributed by atoms with van der Waals surface area (Å²) in [5, 5.41) is 4.57. The Kier molecular flexibility index (Phi) is 9.30. The lowest BCUT2D eigenvalue weighted by Crippen LogP contribution is -2.51. The fraction of sp³-hybridized carbons (Fsp3) is 0.440. The van der Waals surface area contributed by atoms with E-state index in [1.165, 1.54) is 11.3 Å². The molecule has 0 aromatic heterocycles. The molecule has 178 valence electrons. The zero-order valence-electron chi connectivity index (χ0n) is 18.9. The highest BCUT2D eigenvalue weighted by molar-refractivity contribution is 6.42. The van der Waals surface area contributed by atoms with Crippen LogP contribution in [0.25, 0.3) is 0 Å². The van der Waals surface area contributed by atoms with E-state index in [2.05, 4.69) is 5.32 Å². The lowest BCUT2D eigenvalue weighted by Gasteiger charge is -2.31. The molecule has 0 heterocycles. The molecule has 0 aliphatic heterocycles. The van der Waals surface area contributed by atoms with Crippen molar-refractivity contribution in [2.75, 3.05) is 6.61 Å². The van der Waals surface area contributed by atoms with E-state index in [1.54, 1.807) is 43.3 Å². The summed E-state index contributed by atoms with van der Waals surface area (Å²) >= 11 is 18.3. The van der Waals surface area contributed by atoms with E-state index in [-0.39, 0.29) is 31.0 Å². The van der Waals surface area contributed by atoms with E-state index in [0.29, 0.717) is 20.8 Å². The number of hydrogen-bond donors (Lipinski definition) is 1. The molecule has 1 aliphatic rings. The first-order valence-corrected chi connectivity index (χ1v) is 12.3. The van der Waals surface area contributed by atoms with Gasteiger partial charge in [0.05, 0.1) is 10.0 Å². The Hall–Kier alpha value is -1.95. The Morgan fingerprint density at radius 3 is 2.39 bits per heavy atom. The van der Waals surface area contributed by atoms with Crippen LogP contribution in [0, 0.1) is 6.92 Å². The summed E-state index contributed by atoms with van der Waals surface area (Å²) in [5.41, 5.74) is 1.63. The molecule has 1 aliphatic carbocycles. The summed E-state index contributed by atoms with van der Waals surface area (Å²) in [7, 11) is 0. The average molecular weight is 512 g/mol. The van der Waals surface area contributed by atoms with Crippen LogP contribution in [0.3, 0.4) is 0 Å². The monoisotopic (exact) mass is 510 g/mol. The molecule has 1 fully saturated rings. The Labute approximate surface area is 210 Å². The maximum absolute atomic E-state index is 13.2. The minimum absolute atomic E-state index is 0.156. The first-order chi connectivity index (χ1) is 15.7. The molecule has 1 N–H and O–H groups in total. The number of amides is 2. The number of carbonyl (C=O) groups is 2. The van der Waals surface area contributed by atoms with Gasteiger partial charge >= 0.3 is 0 Å². The number of carbonyl (C=O) groups excluding carboxylic acids is 2. The molecule has 2 aromatic rings. The summed E-state index contributed by atoms with van der Waals surface area (Å²) in [5.74, 6) is 0.0664. The first kappa shape index (κ1) is 25.7. The van der Waals surface area contributed by atoms with Gasteiger partial charge in [-0.2, -0.15) is 0 Å². The third kappa shape index (κ3) is 7.26. The van der Waals surface area contributed by atoms with Crippen molar-refractivity contribution >= 4 is 46.6 Å². The molecular formula is C25H29Cl3N2O3. The second kappa shape index (κ2) is 12.0. The molecule has 1 saturated carbocycles. The van der Waals surface area contributed by atoms with E-state index in [9.17, 15) is 9.59 Å². The highest BCUT2D eigenvalue weighted by atomic mass is 35.5. The lowest BCUT2D eigenvalue weighted by molar-refractivity contribution is -0.142. The maximum atomic E-state index is 13.2. The number of nitrogens with zero attached hydrogens (tertiary/aromatic N) is 1. The van der Waals surface area contributed by atoms with Gasteiger partial charge in [0.25, 0.3) is 5.91 Å². The minimum atomic E-state index is -0.676. The second-order valence-electron chi connectivity index (χ2n) is 8.49. The number of rotatable bonds is 8. The Balaban J connectivity index is 1.73. The molecule has 0 spiro atoms. The van der Waals surface area contributed by atoms with Crippen molar-refractivity contribution in [1.82, 2.24) is 10.2 Å². The van der Waals surface area contributed by atoms with Crippen LogP contribution in [0.2, 0.25) is 15.1 Å². The predicted octanol–water partition coefficient (Wildman–Crippen LogP) is 6.20. The fourth-order valence-electron chi connectivity index (χ4n) is 3.92. The predicted molar refractivity (Wildman–Crippen MR) is 133 cm³/mol. The third-order valence-electron chi connectivity index (χ3n) is 5.95. The van der Waals surface area contributed by atoms with E-state index in [0.717, 1.165) is 36.8 Å². The van der Waals surface area contributed by atoms with Crippen LogP contribution in [0.4, 0.5) is 0 Å². The zero-order valence-corrected chi connectivity index (χ0v) is 21.1. The largest absolute Gasteiger partial charge is 0.484 e. The quantitative estimate of drug-likeness (QED) is 0.459. The molecule has 33 heavy (non-hydrogen) atoms. The molecule has 2 aromatic carbocycles. The van der Waals surface area contributed by atoms with Crippen molar-refractivity contribution in [1.29, 1.82) is 0 Å². The number of ether oxygens (including phenoxy) is 1. The third-order valence-corrected chi connectivity index (χ3v) is 7.11. The van der Waals surface area contributed by atoms with Crippen molar-refractivity contribution in [2.45, 2.75) is 64.6 Å². The zero-order chi connectivity index (χ0) is 24.0. The topological polar surface area (TPSA) is 58.6 Å². The molecule has 0 unspecified atom stereocenters. The van der Waals surface area contributed by atoms with Gasteiger partial charge in [-0.3, -0.25) is 9.59 Å². The van der Waals surface area contributed by atoms with E-state index >= 15 is 0 Å². The molecule has 5 nitrogen and oxygen atoms in total. The van der Waals surface area contributed by atoms with Gasteiger partial charge in [0, 0.05) is 17.6 Å². The van der Waals surface area contributed by atoms with E-state index in [4.69, 9.17) is 39.5 Å². The van der Waals surface area contributed by atoms with Crippen LogP contribution in [0.5, 0.6) is 5.75 Å². The van der Waals surface area contributed by atoms with Gasteiger partial charge in [-0.25, -0.2) is 0 Å². The van der Waals surface area contributed by atoms with Crippen LogP contribution >= 0.6 is 34.8 Å². The fourth-order valence-corrected chi connectivity index (χ4v) is 4.36. The van der Waals surface area contributed by atoms with E-state index < -0.39 is 6.04 Å². The minimum Gasteiger partial charge on any atom is -0.484 e. The van der Waals surface area contributed by atoms with Crippen molar-refractivity contribution in [3.05, 3.63) is 62.6 Å². The second-order valence-corrected chi connectivity index (χ2v) is 9.71. The van der Waals surface area contributed by atoms with Gasteiger partial charge in [-0.1, -0.05) is 60.1 Å². The van der Waals surface area contributed by atoms with Gasteiger partial charge in [-0.05, 0) is 68.1 Å². The van der Waals surface area contributed by atoms with Gasteiger partial charge in [0.15, 0.2) is 6.61 Å². The lowest BCUT2D eigenvalue weighted by atomic mass is 9.95. The molecular weight excluding hydrogens is 483 g/mol. The van der Waals surface area contributed by atoms with Crippen LogP contribution in [-0.2, 0) is 16.1 Å². The summed E-state index contributed by atoms with van der Waals surface area (Å²) in [4.78, 5) is 27.7. The summed E-state index contributed by atoms with van der Waals surface area (Å²) < 4.78 is 5.72. The Bertz CT molecular complexity index is 993. The highest BCUT2D eigenvalue weighted by Gasteiger charge is 2.28. The summed E-state index contributed by atoms with van der Waals surface area (Å²) in [6, 6.07) is 9.88.